The lowest BCUT2D eigenvalue weighted by atomic mass is 9.80. The second-order valence-electron chi connectivity index (χ2n) is 9.42. The number of esters is 1. The number of aliphatic hydroxyl groups excluding tert-OH is 1. The molecule has 6 atom stereocenters. The molecule has 5 heteroatoms. The average molecular weight is 418 g/mol. The van der Waals surface area contributed by atoms with Crippen molar-refractivity contribution in [2.45, 2.75) is 71.0 Å². The third-order valence-corrected chi connectivity index (χ3v) is 6.76. The van der Waals surface area contributed by atoms with Gasteiger partial charge in [0.05, 0.1) is 19.1 Å². The van der Waals surface area contributed by atoms with Gasteiger partial charge in [0.25, 0.3) is 0 Å². The summed E-state index contributed by atoms with van der Waals surface area (Å²) in [7, 11) is 3.42. The predicted molar refractivity (Wildman–Crippen MR) is 118 cm³/mol. The van der Waals surface area contributed by atoms with Crippen LogP contribution in [0.3, 0.4) is 0 Å². The summed E-state index contributed by atoms with van der Waals surface area (Å²) in [5.74, 6) is 2.01. The average Bonchev–Trinajstić information content (AvgIpc) is 3.57. The van der Waals surface area contributed by atoms with Crippen molar-refractivity contribution in [1.29, 1.82) is 0 Å². The Morgan fingerprint density at radius 1 is 1.30 bits per heavy atom. The minimum atomic E-state index is -0.492. The van der Waals surface area contributed by atoms with E-state index >= 15 is 0 Å². The third-order valence-electron chi connectivity index (χ3n) is 6.76. The molecule has 0 saturated heterocycles. The molecule has 6 unspecified atom stereocenters. The third kappa shape index (κ3) is 5.76. The van der Waals surface area contributed by atoms with Crippen molar-refractivity contribution >= 4 is 5.97 Å². The van der Waals surface area contributed by atoms with Crippen LogP contribution in [0.1, 0.15) is 69.6 Å². The number of fused-ring (bicyclic) bond motifs is 1. The minimum Gasteiger partial charge on any atom is -0.490 e. The smallest absolute Gasteiger partial charge is 0.308 e. The molecule has 30 heavy (non-hydrogen) atoms. The van der Waals surface area contributed by atoms with E-state index in [2.05, 4.69) is 12.2 Å². The monoisotopic (exact) mass is 417 g/mol. The molecule has 168 valence electrons. The van der Waals surface area contributed by atoms with Crippen LogP contribution in [0.15, 0.2) is 18.2 Å². The first-order valence-corrected chi connectivity index (χ1v) is 11.6. The van der Waals surface area contributed by atoms with Crippen molar-refractivity contribution in [1.82, 2.24) is 5.32 Å². The van der Waals surface area contributed by atoms with Crippen molar-refractivity contribution in [2.75, 3.05) is 20.7 Å². The molecular formula is C25H39NO4. The standard InChI is InChI=1S/C22H33NO4.C3H6/c1-13-5-7-16(12-23-3)21(13)20-11-18(24)17-8-6-15(10-19(17)27-20)9-14(2)22(25)26-4;1-2-3-1/h6,8,10,13-14,16,18,20-21,23-24H,5,7,9,11-12H2,1-4H3;1-3H2. The van der Waals surface area contributed by atoms with Gasteiger partial charge in [-0.2, -0.15) is 0 Å². The number of carbonyl (C=O) groups excluding carboxylic acids is 1. The molecule has 0 aromatic heterocycles. The highest BCUT2D eigenvalue weighted by molar-refractivity contribution is 5.72. The topological polar surface area (TPSA) is 67.8 Å². The van der Waals surface area contributed by atoms with Gasteiger partial charge in [-0.15, -0.1) is 0 Å². The number of hydrogen-bond donors (Lipinski definition) is 2. The Hall–Kier alpha value is -1.59. The van der Waals surface area contributed by atoms with Crippen molar-refractivity contribution in [2.24, 2.45) is 23.7 Å². The maximum absolute atomic E-state index is 11.7. The fourth-order valence-electron chi connectivity index (χ4n) is 5.01. The second-order valence-corrected chi connectivity index (χ2v) is 9.42. The summed E-state index contributed by atoms with van der Waals surface area (Å²) < 4.78 is 11.3. The zero-order chi connectivity index (χ0) is 21.7. The fourth-order valence-corrected chi connectivity index (χ4v) is 5.01. The molecule has 1 heterocycles. The van der Waals surface area contributed by atoms with Crippen LogP contribution in [-0.2, 0) is 16.0 Å². The molecule has 0 amide bonds. The van der Waals surface area contributed by atoms with Crippen LogP contribution in [0.4, 0.5) is 0 Å². The van der Waals surface area contributed by atoms with Crippen molar-refractivity contribution < 1.29 is 19.4 Å². The molecule has 4 rings (SSSR count). The summed E-state index contributed by atoms with van der Waals surface area (Å²) >= 11 is 0. The molecule has 1 aromatic carbocycles. The molecule has 2 N–H and O–H groups in total. The number of rotatable bonds is 6. The summed E-state index contributed by atoms with van der Waals surface area (Å²) in [6, 6.07) is 5.92. The number of benzene rings is 1. The molecule has 5 nitrogen and oxygen atoms in total. The fraction of sp³-hybridized carbons (Fsp3) is 0.720. The molecule has 0 radical (unpaired) electrons. The molecule has 2 fully saturated rings. The SMILES string of the molecule is C1CC1.CNCC1CCC(C)C1C1CC(O)c2ccc(CC(C)C(=O)OC)cc2O1. The molecule has 2 saturated carbocycles. The number of aliphatic hydroxyl groups is 1. The zero-order valence-corrected chi connectivity index (χ0v) is 19.0. The Morgan fingerprint density at radius 3 is 2.67 bits per heavy atom. The highest BCUT2D eigenvalue weighted by Crippen LogP contribution is 2.46. The number of carbonyl (C=O) groups is 1. The first kappa shape index (κ1) is 23.1. The molecule has 1 aliphatic heterocycles. The largest absolute Gasteiger partial charge is 0.490 e. The van der Waals surface area contributed by atoms with Gasteiger partial charge in [0.1, 0.15) is 11.9 Å². The van der Waals surface area contributed by atoms with Gasteiger partial charge in [0.15, 0.2) is 0 Å². The summed E-state index contributed by atoms with van der Waals surface area (Å²) in [6.45, 7) is 5.17. The van der Waals surface area contributed by atoms with E-state index in [0.717, 1.165) is 23.4 Å². The lowest BCUT2D eigenvalue weighted by Crippen LogP contribution is -2.39. The molecular weight excluding hydrogens is 378 g/mol. The number of methoxy groups -OCH3 is 1. The Balaban J connectivity index is 0.000000782. The summed E-state index contributed by atoms with van der Waals surface area (Å²) in [5, 5.41) is 14.0. The summed E-state index contributed by atoms with van der Waals surface area (Å²) in [6.07, 6.45) is 7.74. The van der Waals surface area contributed by atoms with Crippen LogP contribution >= 0.6 is 0 Å². The van der Waals surface area contributed by atoms with Gasteiger partial charge in [-0.3, -0.25) is 4.79 Å². The molecule has 2 aliphatic carbocycles. The lowest BCUT2D eigenvalue weighted by molar-refractivity contribution is -0.144. The van der Waals surface area contributed by atoms with Gasteiger partial charge in [-0.1, -0.05) is 45.2 Å². The van der Waals surface area contributed by atoms with Gasteiger partial charge in [0, 0.05) is 17.9 Å². The first-order valence-electron chi connectivity index (χ1n) is 11.6. The van der Waals surface area contributed by atoms with Crippen LogP contribution in [0.25, 0.3) is 0 Å². The molecule has 0 bridgehead atoms. The van der Waals surface area contributed by atoms with Gasteiger partial charge in [0.2, 0.25) is 0 Å². The lowest BCUT2D eigenvalue weighted by Gasteiger charge is -2.37. The van der Waals surface area contributed by atoms with Crippen molar-refractivity contribution in [3.05, 3.63) is 29.3 Å². The Bertz CT molecular complexity index is 700. The molecule has 1 aromatic rings. The van der Waals surface area contributed by atoms with E-state index in [1.54, 1.807) is 0 Å². The predicted octanol–water partition coefficient (Wildman–Crippen LogP) is 4.27. The highest BCUT2D eigenvalue weighted by atomic mass is 16.5. The van der Waals surface area contributed by atoms with Gasteiger partial charge in [-0.25, -0.2) is 0 Å². The van der Waals surface area contributed by atoms with E-state index in [4.69, 9.17) is 9.47 Å². The summed E-state index contributed by atoms with van der Waals surface area (Å²) in [4.78, 5) is 11.7. The van der Waals surface area contributed by atoms with E-state index in [1.165, 1.54) is 39.2 Å². The molecule has 3 aliphatic rings. The first-order chi connectivity index (χ1) is 14.4. The van der Waals surface area contributed by atoms with Gasteiger partial charge < -0.3 is 19.9 Å². The van der Waals surface area contributed by atoms with Crippen LogP contribution in [0.2, 0.25) is 0 Å². The maximum atomic E-state index is 11.7. The van der Waals surface area contributed by atoms with Crippen LogP contribution in [0, 0.1) is 23.7 Å². The van der Waals surface area contributed by atoms with E-state index in [1.807, 2.05) is 32.2 Å². The number of nitrogens with one attached hydrogen (secondary N) is 1. The van der Waals surface area contributed by atoms with Gasteiger partial charge in [-0.05, 0) is 56.3 Å². The zero-order valence-electron chi connectivity index (χ0n) is 19.0. The van der Waals surface area contributed by atoms with Crippen LogP contribution < -0.4 is 10.1 Å². The molecule has 0 spiro atoms. The van der Waals surface area contributed by atoms with Crippen LogP contribution in [-0.4, -0.2) is 37.9 Å². The van der Waals surface area contributed by atoms with Crippen molar-refractivity contribution in [3.8, 4) is 5.75 Å². The van der Waals surface area contributed by atoms with E-state index < -0.39 is 6.10 Å². The highest BCUT2D eigenvalue weighted by Gasteiger charge is 2.42. The van der Waals surface area contributed by atoms with Crippen molar-refractivity contribution in [3.63, 3.8) is 0 Å². The Morgan fingerprint density at radius 2 is 2.03 bits per heavy atom. The quantitative estimate of drug-likeness (QED) is 0.677. The normalized spacial score (nSPS) is 30.4. The second kappa shape index (κ2) is 10.6. The number of ether oxygens (including phenoxy) is 2. The Kier molecular flexibility index (Phi) is 8.18. The van der Waals surface area contributed by atoms with E-state index in [0.29, 0.717) is 30.6 Å². The maximum Gasteiger partial charge on any atom is 0.308 e. The minimum absolute atomic E-state index is 0.0385. The number of hydrogen-bond acceptors (Lipinski definition) is 5. The van der Waals surface area contributed by atoms with Crippen LogP contribution in [0.5, 0.6) is 5.75 Å². The summed E-state index contributed by atoms with van der Waals surface area (Å²) in [5.41, 5.74) is 1.89. The Labute approximate surface area is 181 Å². The van der Waals surface area contributed by atoms with Gasteiger partial charge >= 0.3 is 5.97 Å². The van der Waals surface area contributed by atoms with E-state index in [-0.39, 0.29) is 18.0 Å². The van der Waals surface area contributed by atoms with E-state index in [9.17, 15) is 9.90 Å².